The Morgan fingerprint density at radius 1 is 1.38 bits per heavy atom. The summed E-state index contributed by atoms with van der Waals surface area (Å²) in [5.74, 6) is 3.19. The molecule has 0 aromatic heterocycles. The van der Waals surface area contributed by atoms with Gasteiger partial charge < -0.3 is 4.74 Å². The highest BCUT2D eigenvalue weighted by molar-refractivity contribution is 6.32. The van der Waals surface area contributed by atoms with Gasteiger partial charge in [0.25, 0.3) is 0 Å². The number of rotatable bonds is 2. The molecule has 1 nitrogen and oxygen atoms in total. The molecule has 0 saturated carbocycles. The van der Waals surface area contributed by atoms with Crippen LogP contribution in [0.15, 0.2) is 12.1 Å². The van der Waals surface area contributed by atoms with E-state index in [4.69, 9.17) is 22.8 Å². The number of ether oxygens (including phenoxy) is 1. The van der Waals surface area contributed by atoms with E-state index in [1.54, 1.807) is 0 Å². The Kier molecular flexibility index (Phi) is 3.22. The van der Waals surface area contributed by atoms with Gasteiger partial charge in [-0.25, -0.2) is 0 Å². The van der Waals surface area contributed by atoms with Crippen LogP contribution in [0.25, 0.3) is 0 Å². The SMILES string of the molecule is C#CCOc1cc(C)c(Cl)c(C)c1. The third-order valence-corrected chi connectivity index (χ3v) is 2.33. The van der Waals surface area contributed by atoms with Gasteiger partial charge in [0.2, 0.25) is 0 Å². The van der Waals surface area contributed by atoms with Gasteiger partial charge in [-0.1, -0.05) is 17.5 Å². The van der Waals surface area contributed by atoms with Crippen LogP contribution in [0, 0.1) is 26.2 Å². The van der Waals surface area contributed by atoms with E-state index in [9.17, 15) is 0 Å². The van der Waals surface area contributed by atoms with Crippen molar-refractivity contribution in [1.82, 2.24) is 0 Å². The second kappa shape index (κ2) is 4.20. The third kappa shape index (κ3) is 2.40. The second-order valence-electron chi connectivity index (χ2n) is 2.86. The number of hydrogen-bond donors (Lipinski definition) is 0. The zero-order valence-electron chi connectivity index (χ0n) is 7.73. The Morgan fingerprint density at radius 3 is 2.38 bits per heavy atom. The molecule has 0 bridgehead atoms. The summed E-state index contributed by atoms with van der Waals surface area (Å²) in [4.78, 5) is 0. The van der Waals surface area contributed by atoms with Crippen molar-refractivity contribution in [2.75, 3.05) is 6.61 Å². The van der Waals surface area contributed by atoms with Gasteiger partial charge in [0.15, 0.2) is 0 Å². The average Bonchev–Trinajstić information content (AvgIpc) is 2.10. The van der Waals surface area contributed by atoms with Gasteiger partial charge in [0, 0.05) is 5.02 Å². The minimum atomic E-state index is 0.292. The highest BCUT2D eigenvalue weighted by Crippen LogP contribution is 2.25. The van der Waals surface area contributed by atoms with Gasteiger partial charge in [-0.3, -0.25) is 0 Å². The smallest absolute Gasteiger partial charge is 0.148 e. The quantitative estimate of drug-likeness (QED) is 0.658. The first-order valence-electron chi connectivity index (χ1n) is 3.98. The summed E-state index contributed by atoms with van der Waals surface area (Å²) < 4.78 is 5.28. The Balaban J connectivity index is 2.94. The van der Waals surface area contributed by atoms with Crippen LogP contribution in [0.2, 0.25) is 5.02 Å². The van der Waals surface area contributed by atoms with Crippen LogP contribution < -0.4 is 4.74 Å². The molecule has 0 heterocycles. The molecule has 0 saturated heterocycles. The minimum Gasteiger partial charge on any atom is -0.481 e. The number of benzene rings is 1. The zero-order valence-corrected chi connectivity index (χ0v) is 8.48. The summed E-state index contributed by atoms with van der Waals surface area (Å²) in [6.07, 6.45) is 5.08. The van der Waals surface area contributed by atoms with Crippen LogP contribution in [0.3, 0.4) is 0 Å². The molecular weight excluding hydrogens is 184 g/mol. The van der Waals surface area contributed by atoms with Crippen molar-refractivity contribution in [2.24, 2.45) is 0 Å². The molecule has 0 fully saturated rings. The van der Waals surface area contributed by atoms with Gasteiger partial charge >= 0.3 is 0 Å². The predicted octanol–water partition coefficient (Wildman–Crippen LogP) is 2.97. The Hall–Kier alpha value is -1.13. The molecule has 0 unspecified atom stereocenters. The number of terminal acetylenes is 1. The maximum Gasteiger partial charge on any atom is 0.148 e. The molecule has 0 spiro atoms. The van der Waals surface area contributed by atoms with E-state index in [2.05, 4.69) is 5.92 Å². The monoisotopic (exact) mass is 194 g/mol. The normalized spacial score (nSPS) is 9.38. The maximum absolute atomic E-state index is 5.99. The Bertz CT molecular complexity index is 327. The van der Waals surface area contributed by atoms with Crippen LogP contribution in [0.4, 0.5) is 0 Å². The number of aryl methyl sites for hydroxylation is 2. The molecule has 68 valence electrons. The first-order chi connectivity index (χ1) is 6.15. The summed E-state index contributed by atoms with van der Waals surface area (Å²) >= 11 is 5.99. The fourth-order valence-corrected chi connectivity index (χ4v) is 1.22. The summed E-state index contributed by atoms with van der Waals surface area (Å²) in [5.41, 5.74) is 2.02. The summed E-state index contributed by atoms with van der Waals surface area (Å²) in [6, 6.07) is 3.76. The molecule has 0 aliphatic rings. The Morgan fingerprint density at radius 2 is 1.92 bits per heavy atom. The molecule has 1 rings (SSSR count). The fourth-order valence-electron chi connectivity index (χ4n) is 1.11. The lowest BCUT2D eigenvalue weighted by Gasteiger charge is -2.07. The van der Waals surface area contributed by atoms with E-state index >= 15 is 0 Å². The molecule has 0 N–H and O–H groups in total. The van der Waals surface area contributed by atoms with E-state index in [1.165, 1.54) is 0 Å². The van der Waals surface area contributed by atoms with Crippen LogP contribution >= 0.6 is 11.6 Å². The van der Waals surface area contributed by atoms with Crippen molar-refractivity contribution in [1.29, 1.82) is 0 Å². The molecule has 2 heteroatoms. The van der Waals surface area contributed by atoms with Gasteiger partial charge in [-0.05, 0) is 37.1 Å². The van der Waals surface area contributed by atoms with Crippen molar-refractivity contribution in [3.8, 4) is 18.1 Å². The van der Waals surface area contributed by atoms with Crippen molar-refractivity contribution < 1.29 is 4.74 Å². The maximum atomic E-state index is 5.99. The van der Waals surface area contributed by atoms with Crippen LogP contribution in [-0.2, 0) is 0 Å². The highest BCUT2D eigenvalue weighted by Gasteiger charge is 2.02. The highest BCUT2D eigenvalue weighted by atomic mass is 35.5. The van der Waals surface area contributed by atoms with E-state index in [0.717, 1.165) is 21.9 Å². The van der Waals surface area contributed by atoms with Gasteiger partial charge in [0.1, 0.15) is 12.4 Å². The number of hydrogen-bond acceptors (Lipinski definition) is 1. The Labute approximate surface area is 83.7 Å². The lowest BCUT2D eigenvalue weighted by atomic mass is 10.1. The van der Waals surface area contributed by atoms with Gasteiger partial charge in [-0.15, -0.1) is 6.42 Å². The molecule has 0 radical (unpaired) electrons. The van der Waals surface area contributed by atoms with Crippen molar-refractivity contribution in [2.45, 2.75) is 13.8 Å². The summed E-state index contributed by atoms with van der Waals surface area (Å²) in [7, 11) is 0. The molecule has 13 heavy (non-hydrogen) atoms. The largest absolute Gasteiger partial charge is 0.481 e. The lowest BCUT2D eigenvalue weighted by molar-refractivity contribution is 0.370. The van der Waals surface area contributed by atoms with Gasteiger partial charge in [-0.2, -0.15) is 0 Å². The first kappa shape index (κ1) is 9.95. The summed E-state index contributed by atoms with van der Waals surface area (Å²) in [6.45, 7) is 4.18. The van der Waals surface area contributed by atoms with E-state index in [0.29, 0.717) is 6.61 Å². The average molecular weight is 195 g/mol. The topological polar surface area (TPSA) is 9.23 Å². The van der Waals surface area contributed by atoms with Crippen LogP contribution in [0.1, 0.15) is 11.1 Å². The molecule has 1 aromatic carbocycles. The van der Waals surface area contributed by atoms with Crippen molar-refractivity contribution in [3.63, 3.8) is 0 Å². The zero-order chi connectivity index (χ0) is 9.84. The van der Waals surface area contributed by atoms with Crippen LogP contribution in [0.5, 0.6) is 5.75 Å². The van der Waals surface area contributed by atoms with Crippen molar-refractivity contribution in [3.05, 3.63) is 28.3 Å². The standard InChI is InChI=1S/C11H11ClO/c1-4-5-13-10-6-8(2)11(12)9(3)7-10/h1,6-7H,5H2,2-3H3. The first-order valence-corrected chi connectivity index (χ1v) is 4.36. The van der Waals surface area contributed by atoms with E-state index < -0.39 is 0 Å². The minimum absolute atomic E-state index is 0.292. The van der Waals surface area contributed by atoms with Crippen molar-refractivity contribution >= 4 is 11.6 Å². The lowest BCUT2D eigenvalue weighted by Crippen LogP contribution is -1.94. The van der Waals surface area contributed by atoms with Gasteiger partial charge in [0.05, 0.1) is 0 Å². The summed E-state index contributed by atoms with van der Waals surface area (Å²) in [5, 5.41) is 0.785. The predicted molar refractivity (Wildman–Crippen MR) is 55.3 cm³/mol. The second-order valence-corrected chi connectivity index (χ2v) is 3.24. The van der Waals surface area contributed by atoms with E-state index in [1.807, 2.05) is 26.0 Å². The van der Waals surface area contributed by atoms with E-state index in [-0.39, 0.29) is 0 Å². The molecule has 0 aliphatic heterocycles. The van der Waals surface area contributed by atoms with Crippen LogP contribution in [-0.4, -0.2) is 6.61 Å². The third-order valence-electron chi connectivity index (χ3n) is 1.73. The molecule has 0 aliphatic carbocycles. The fraction of sp³-hybridized carbons (Fsp3) is 0.273. The molecule has 0 amide bonds. The molecule has 0 atom stereocenters. The molecule has 1 aromatic rings. The molecular formula is C11H11ClO. The number of halogens is 1.